The van der Waals surface area contributed by atoms with Gasteiger partial charge in [-0.1, -0.05) is 19.1 Å². The molecule has 1 aromatic carbocycles. The summed E-state index contributed by atoms with van der Waals surface area (Å²) in [6.45, 7) is 4.15. The van der Waals surface area contributed by atoms with Crippen LogP contribution in [0.3, 0.4) is 0 Å². The van der Waals surface area contributed by atoms with Crippen molar-refractivity contribution in [2.75, 3.05) is 0 Å². The van der Waals surface area contributed by atoms with Crippen LogP contribution in [0.25, 0.3) is 0 Å². The van der Waals surface area contributed by atoms with E-state index < -0.39 is 10.0 Å². The number of nitrogens with one attached hydrogen (secondary N) is 1. The van der Waals surface area contributed by atoms with E-state index in [4.69, 9.17) is 5.14 Å². The summed E-state index contributed by atoms with van der Waals surface area (Å²) in [5.41, 5.74) is 1.01. The first-order chi connectivity index (χ1) is 9.91. The smallest absolute Gasteiger partial charge is 0.238 e. The molecule has 1 heterocycles. The fraction of sp³-hybridized carbons (Fsp3) is 0.357. The average molecular weight is 325 g/mol. The van der Waals surface area contributed by atoms with Crippen LogP contribution in [0.1, 0.15) is 42.9 Å². The van der Waals surface area contributed by atoms with Gasteiger partial charge in [-0.2, -0.15) is 0 Å². The molecule has 0 aliphatic rings. The third-order valence-corrected chi connectivity index (χ3v) is 5.14. The summed E-state index contributed by atoms with van der Waals surface area (Å²) in [4.78, 5) is 4.47. The van der Waals surface area contributed by atoms with Gasteiger partial charge in [-0.25, -0.2) is 18.5 Å². The van der Waals surface area contributed by atoms with E-state index >= 15 is 0 Å². The predicted octanol–water partition coefficient (Wildman–Crippen LogP) is 2.59. The van der Waals surface area contributed by atoms with E-state index in [2.05, 4.69) is 17.2 Å². The molecular weight excluding hydrogens is 306 g/mol. The van der Waals surface area contributed by atoms with Gasteiger partial charge in [0.1, 0.15) is 5.01 Å². The van der Waals surface area contributed by atoms with Gasteiger partial charge in [0.25, 0.3) is 0 Å². The highest BCUT2D eigenvalue weighted by Crippen LogP contribution is 2.24. The maximum Gasteiger partial charge on any atom is 0.238 e. The van der Waals surface area contributed by atoms with E-state index in [0.29, 0.717) is 0 Å². The number of primary sulfonamides is 1. The molecule has 0 saturated heterocycles. The van der Waals surface area contributed by atoms with Gasteiger partial charge in [-0.15, -0.1) is 11.3 Å². The summed E-state index contributed by atoms with van der Waals surface area (Å²) >= 11 is 1.63. The number of benzene rings is 1. The summed E-state index contributed by atoms with van der Waals surface area (Å²) in [5, 5.41) is 11.6. The maximum absolute atomic E-state index is 11.2. The fourth-order valence-corrected chi connectivity index (χ4v) is 3.41. The van der Waals surface area contributed by atoms with E-state index in [0.717, 1.165) is 17.0 Å². The Morgan fingerprint density at radius 2 is 2.00 bits per heavy atom. The highest BCUT2D eigenvalue weighted by atomic mass is 32.2. The monoisotopic (exact) mass is 325 g/mol. The second-order valence-electron chi connectivity index (χ2n) is 4.83. The number of sulfonamides is 1. The molecule has 0 saturated carbocycles. The van der Waals surface area contributed by atoms with Gasteiger partial charge in [0.05, 0.1) is 10.9 Å². The Morgan fingerprint density at radius 3 is 2.48 bits per heavy atom. The largest absolute Gasteiger partial charge is 0.301 e. The highest BCUT2D eigenvalue weighted by molar-refractivity contribution is 7.89. The first-order valence-corrected chi connectivity index (χ1v) is 9.12. The summed E-state index contributed by atoms with van der Waals surface area (Å²) in [5.74, 6) is 0. The minimum atomic E-state index is -3.64. The second kappa shape index (κ2) is 6.65. The average Bonchev–Trinajstić information content (AvgIpc) is 2.97. The first kappa shape index (κ1) is 16.1. The van der Waals surface area contributed by atoms with Crippen LogP contribution >= 0.6 is 11.3 Å². The lowest BCUT2D eigenvalue weighted by atomic mass is 10.1. The Balaban J connectivity index is 2.11. The molecule has 1 aromatic heterocycles. The summed E-state index contributed by atoms with van der Waals surface area (Å²) in [7, 11) is -3.64. The van der Waals surface area contributed by atoms with Crippen LogP contribution in [-0.2, 0) is 10.0 Å². The van der Waals surface area contributed by atoms with Gasteiger partial charge in [-0.05, 0) is 31.0 Å². The molecule has 0 radical (unpaired) electrons. The quantitative estimate of drug-likeness (QED) is 0.855. The number of aromatic nitrogens is 1. The second-order valence-corrected chi connectivity index (χ2v) is 7.32. The summed E-state index contributed by atoms with van der Waals surface area (Å²) < 4.78 is 22.5. The molecule has 3 N–H and O–H groups in total. The number of rotatable bonds is 6. The van der Waals surface area contributed by atoms with Gasteiger partial charge in [-0.3, -0.25) is 0 Å². The Bertz CT molecular complexity index is 667. The zero-order chi connectivity index (χ0) is 15.5. The number of thiazole rings is 1. The molecule has 2 rings (SSSR count). The van der Waals surface area contributed by atoms with Crippen molar-refractivity contribution in [2.45, 2.75) is 37.2 Å². The molecule has 2 unspecified atom stereocenters. The molecule has 7 heteroatoms. The van der Waals surface area contributed by atoms with E-state index in [1.165, 1.54) is 12.1 Å². The van der Waals surface area contributed by atoms with Crippen LogP contribution in [0.4, 0.5) is 0 Å². The summed E-state index contributed by atoms with van der Waals surface area (Å²) in [6.07, 6.45) is 2.74. The Labute approximate surface area is 129 Å². The zero-order valence-corrected chi connectivity index (χ0v) is 13.6. The van der Waals surface area contributed by atoms with Gasteiger partial charge in [0.2, 0.25) is 10.0 Å². The molecule has 2 atom stereocenters. The molecule has 0 bridgehead atoms. The molecule has 5 nitrogen and oxygen atoms in total. The first-order valence-electron chi connectivity index (χ1n) is 6.70. The van der Waals surface area contributed by atoms with Crippen molar-refractivity contribution in [3.8, 4) is 0 Å². The number of hydrogen-bond donors (Lipinski definition) is 2. The van der Waals surface area contributed by atoms with E-state index in [9.17, 15) is 8.42 Å². The van der Waals surface area contributed by atoms with Crippen molar-refractivity contribution in [1.82, 2.24) is 10.3 Å². The molecule has 2 aromatic rings. The topological polar surface area (TPSA) is 85.1 Å². The van der Waals surface area contributed by atoms with Gasteiger partial charge in [0, 0.05) is 17.6 Å². The van der Waals surface area contributed by atoms with Crippen LogP contribution in [0.5, 0.6) is 0 Å². The lowest BCUT2D eigenvalue weighted by molar-refractivity contribution is 0.455. The van der Waals surface area contributed by atoms with Crippen LogP contribution in [0.2, 0.25) is 0 Å². The van der Waals surface area contributed by atoms with E-state index in [-0.39, 0.29) is 17.0 Å². The van der Waals surface area contributed by atoms with Crippen LogP contribution in [-0.4, -0.2) is 13.4 Å². The number of nitrogens with two attached hydrogens (primary N) is 1. The Kier molecular flexibility index (Phi) is 5.10. The predicted molar refractivity (Wildman–Crippen MR) is 84.5 cm³/mol. The molecule has 0 aliphatic heterocycles. The highest BCUT2D eigenvalue weighted by Gasteiger charge is 2.16. The Morgan fingerprint density at radius 1 is 1.33 bits per heavy atom. The van der Waals surface area contributed by atoms with E-state index in [1.807, 2.05) is 12.3 Å². The molecular formula is C14H19N3O2S2. The van der Waals surface area contributed by atoms with Crippen LogP contribution in [0.15, 0.2) is 40.7 Å². The molecule has 0 amide bonds. The van der Waals surface area contributed by atoms with Crippen molar-refractivity contribution in [3.63, 3.8) is 0 Å². The van der Waals surface area contributed by atoms with Crippen molar-refractivity contribution >= 4 is 21.4 Å². The fourth-order valence-electron chi connectivity index (χ4n) is 2.11. The minimum Gasteiger partial charge on any atom is -0.301 e. The number of hydrogen-bond acceptors (Lipinski definition) is 5. The van der Waals surface area contributed by atoms with Crippen molar-refractivity contribution in [2.24, 2.45) is 5.14 Å². The van der Waals surface area contributed by atoms with Crippen molar-refractivity contribution in [1.29, 1.82) is 0 Å². The zero-order valence-electron chi connectivity index (χ0n) is 12.0. The molecule has 0 spiro atoms. The van der Waals surface area contributed by atoms with Crippen LogP contribution < -0.4 is 10.5 Å². The lowest BCUT2D eigenvalue weighted by Gasteiger charge is -2.21. The van der Waals surface area contributed by atoms with E-state index in [1.54, 1.807) is 29.7 Å². The van der Waals surface area contributed by atoms with Crippen molar-refractivity contribution in [3.05, 3.63) is 46.4 Å². The third kappa shape index (κ3) is 4.10. The SMILES string of the molecule is CCC(NC(C)c1ccc(S(N)(=O)=O)cc1)c1nccs1. The van der Waals surface area contributed by atoms with Crippen LogP contribution in [0, 0.1) is 0 Å². The Hall–Kier alpha value is -1.28. The lowest BCUT2D eigenvalue weighted by Crippen LogP contribution is -2.24. The third-order valence-electron chi connectivity index (χ3n) is 3.32. The maximum atomic E-state index is 11.2. The molecule has 21 heavy (non-hydrogen) atoms. The van der Waals surface area contributed by atoms with Gasteiger partial charge < -0.3 is 5.32 Å². The van der Waals surface area contributed by atoms with Crippen molar-refractivity contribution < 1.29 is 8.42 Å². The molecule has 114 valence electrons. The minimum absolute atomic E-state index is 0.0911. The standard InChI is InChI=1S/C14H19N3O2S2/c1-3-13(14-16-8-9-20-14)17-10(2)11-4-6-12(7-5-11)21(15,18)19/h4-10,13,17H,3H2,1-2H3,(H2,15,18,19). The normalized spacial score (nSPS) is 14.8. The van der Waals surface area contributed by atoms with Gasteiger partial charge >= 0.3 is 0 Å². The van der Waals surface area contributed by atoms with Gasteiger partial charge in [0.15, 0.2) is 0 Å². The number of nitrogens with zero attached hydrogens (tertiary/aromatic N) is 1. The molecule has 0 fully saturated rings. The molecule has 0 aliphatic carbocycles. The summed E-state index contributed by atoms with van der Waals surface area (Å²) in [6, 6.07) is 6.92.